The van der Waals surface area contributed by atoms with Gasteiger partial charge in [-0.1, -0.05) is 76.2 Å². The van der Waals surface area contributed by atoms with Crippen molar-refractivity contribution in [2.24, 2.45) is 34.5 Å². The first-order valence-corrected chi connectivity index (χ1v) is 21.7. The molecule has 0 atom stereocenters. The molecule has 0 aliphatic heterocycles. The third-order valence-corrected chi connectivity index (χ3v) is 16.6. The SMILES string of the molecule is Cc1cc(C2(c3ccc(O)c(C)c3)CCC(C(C)(C)C3CCC(C(C)(C)C4CCC(c5ccc(O)c(C)c5)(c5ccc(O)c(C)c5)CC4)CC3)CC2)ccc1O. The monoisotopic (exact) mass is 757 g/mol. The highest BCUT2D eigenvalue weighted by atomic mass is 16.3. The summed E-state index contributed by atoms with van der Waals surface area (Å²) in [6.07, 6.45) is 14.3. The molecule has 300 valence electrons. The van der Waals surface area contributed by atoms with Gasteiger partial charge < -0.3 is 20.4 Å². The molecule has 4 aromatic rings. The van der Waals surface area contributed by atoms with E-state index in [2.05, 4.69) is 76.2 Å². The van der Waals surface area contributed by atoms with Crippen LogP contribution < -0.4 is 0 Å². The van der Waals surface area contributed by atoms with Crippen molar-refractivity contribution in [3.63, 3.8) is 0 Å². The first kappa shape index (κ1) is 40.3. The van der Waals surface area contributed by atoms with Crippen LogP contribution in [-0.2, 0) is 10.8 Å². The van der Waals surface area contributed by atoms with Crippen molar-refractivity contribution in [1.29, 1.82) is 0 Å². The second-order valence-electron chi connectivity index (χ2n) is 19.9. The van der Waals surface area contributed by atoms with Gasteiger partial charge >= 0.3 is 0 Å². The van der Waals surface area contributed by atoms with E-state index in [1.54, 1.807) is 0 Å². The summed E-state index contributed by atoms with van der Waals surface area (Å²) in [7, 11) is 0. The van der Waals surface area contributed by atoms with Crippen molar-refractivity contribution in [2.45, 2.75) is 143 Å². The molecular weight excluding hydrogens is 689 g/mol. The standard InChI is InChI=1S/C52H68O4/c1-33-29-41(13-17-45(33)53)51(42-14-18-46(54)34(2)30-42)25-21-39(22-26-51)49(5,6)37-9-11-38(12-10-37)50(7,8)40-23-27-52(28-24-40,43-15-19-47(55)35(3)31-43)44-16-20-48(56)36(4)32-44/h13-20,29-32,37-40,53-56H,9-12,21-28H2,1-8H3. The van der Waals surface area contributed by atoms with Crippen LogP contribution >= 0.6 is 0 Å². The molecule has 4 heteroatoms. The highest BCUT2D eigenvalue weighted by Gasteiger charge is 2.49. The average Bonchev–Trinajstić information content (AvgIpc) is 3.19. The van der Waals surface area contributed by atoms with Gasteiger partial charge in [0.2, 0.25) is 0 Å². The summed E-state index contributed by atoms with van der Waals surface area (Å²) in [4.78, 5) is 0. The van der Waals surface area contributed by atoms with Crippen LogP contribution in [0.25, 0.3) is 0 Å². The fraction of sp³-hybridized carbons (Fsp3) is 0.538. The van der Waals surface area contributed by atoms with E-state index in [0.29, 0.717) is 34.8 Å². The van der Waals surface area contributed by atoms with Gasteiger partial charge in [0, 0.05) is 10.8 Å². The molecule has 7 rings (SSSR count). The summed E-state index contributed by atoms with van der Waals surface area (Å²) in [6.45, 7) is 18.3. The Morgan fingerprint density at radius 1 is 0.375 bits per heavy atom. The average molecular weight is 757 g/mol. The molecular formula is C52H68O4. The minimum Gasteiger partial charge on any atom is -0.508 e. The number of aromatic hydroxyl groups is 4. The summed E-state index contributed by atoms with van der Waals surface area (Å²) in [5.41, 5.74) is 9.13. The molecule has 3 saturated carbocycles. The van der Waals surface area contributed by atoms with Crippen molar-refractivity contribution >= 4 is 0 Å². The minimum absolute atomic E-state index is 0.120. The highest BCUT2D eigenvalue weighted by molar-refractivity contribution is 5.49. The summed E-state index contributed by atoms with van der Waals surface area (Å²) in [5, 5.41) is 41.6. The second-order valence-corrected chi connectivity index (χ2v) is 19.9. The Kier molecular flexibility index (Phi) is 10.9. The Hall–Kier alpha value is -3.92. The number of hydrogen-bond acceptors (Lipinski definition) is 4. The molecule has 56 heavy (non-hydrogen) atoms. The molecule has 3 aliphatic carbocycles. The Labute approximate surface area is 337 Å². The van der Waals surface area contributed by atoms with Gasteiger partial charge in [-0.2, -0.15) is 0 Å². The fourth-order valence-corrected chi connectivity index (χ4v) is 12.3. The molecule has 0 amide bonds. The Balaban J connectivity index is 1.03. The lowest BCUT2D eigenvalue weighted by Crippen LogP contribution is -2.44. The van der Waals surface area contributed by atoms with E-state index >= 15 is 0 Å². The van der Waals surface area contributed by atoms with Gasteiger partial charge in [-0.15, -0.1) is 0 Å². The fourth-order valence-electron chi connectivity index (χ4n) is 12.3. The maximum absolute atomic E-state index is 10.4. The van der Waals surface area contributed by atoms with E-state index in [1.807, 2.05) is 52.0 Å². The van der Waals surface area contributed by atoms with Gasteiger partial charge in [-0.25, -0.2) is 0 Å². The number of phenolic OH excluding ortho intramolecular Hbond substituents is 4. The van der Waals surface area contributed by atoms with Crippen molar-refractivity contribution in [2.75, 3.05) is 0 Å². The van der Waals surface area contributed by atoms with Gasteiger partial charge in [-0.05, 0) is 208 Å². The third kappa shape index (κ3) is 7.13. The molecule has 4 nitrogen and oxygen atoms in total. The number of phenols is 4. The van der Waals surface area contributed by atoms with Crippen molar-refractivity contribution in [3.05, 3.63) is 117 Å². The second kappa shape index (κ2) is 15.1. The largest absolute Gasteiger partial charge is 0.508 e. The van der Waals surface area contributed by atoms with Crippen LogP contribution in [0.4, 0.5) is 0 Å². The topological polar surface area (TPSA) is 80.9 Å². The summed E-state index contributed by atoms with van der Waals surface area (Å²) in [6, 6.07) is 24.8. The van der Waals surface area contributed by atoms with Crippen LogP contribution in [0.3, 0.4) is 0 Å². The molecule has 0 radical (unpaired) electrons. The quantitative estimate of drug-likeness (QED) is 0.144. The zero-order valence-corrected chi connectivity index (χ0v) is 35.5. The lowest BCUT2D eigenvalue weighted by Gasteiger charge is -2.53. The van der Waals surface area contributed by atoms with E-state index in [9.17, 15) is 20.4 Å². The van der Waals surface area contributed by atoms with Crippen LogP contribution in [0, 0.1) is 62.2 Å². The molecule has 0 aromatic heterocycles. The zero-order chi connectivity index (χ0) is 40.2. The molecule has 0 bridgehead atoms. The molecule has 4 N–H and O–H groups in total. The van der Waals surface area contributed by atoms with Crippen molar-refractivity contribution in [1.82, 2.24) is 0 Å². The normalized spacial score (nSPS) is 22.2. The predicted octanol–water partition coefficient (Wildman–Crippen LogP) is 13.3. The molecule has 4 aromatic carbocycles. The van der Waals surface area contributed by atoms with Gasteiger partial charge in [0.25, 0.3) is 0 Å². The summed E-state index contributed by atoms with van der Waals surface area (Å²) < 4.78 is 0. The Morgan fingerprint density at radius 3 is 0.804 bits per heavy atom. The maximum Gasteiger partial charge on any atom is 0.118 e. The minimum atomic E-state index is -0.120. The number of benzene rings is 4. The molecule has 3 aliphatic rings. The van der Waals surface area contributed by atoms with Gasteiger partial charge in [0.15, 0.2) is 0 Å². The smallest absolute Gasteiger partial charge is 0.118 e. The Bertz CT molecular complexity index is 1780. The van der Waals surface area contributed by atoms with E-state index in [0.717, 1.165) is 59.8 Å². The number of rotatable bonds is 8. The van der Waals surface area contributed by atoms with Crippen molar-refractivity contribution in [3.8, 4) is 23.0 Å². The van der Waals surface area contributed by atoms with Crippen LogP contribution in [0.5, 0.6) is 23.0 Å². The van der Waals surface area contributed by atoms with Crippen molar-refractivity contribution < 1.29 is 20.4 Å². The molecule has 0 spiro atoms. The number of aryl methyl sites for hydroxylation is 4. The molecule has 0 saturated heterocycles. The molecule has 3 fully saturated rings. The van der Waals surface area contributed by atoms with Gasteiger partial charge in [0.1, 0.15) is 23.0 Å². The maximum atomic E-state index is 10.4. The Morgan fingerprint density at radius 2 is 0.589 bits per heavy atom. The van der Waals surface area contributed by atoms with Crippen LogP contribution in [0.1, 0.15) is 149 Å². The summed E-state index contributed by atoms with van der Waals surface area (Å²) >= 11 is 0. The molecule has 0 heterocycles. The predicted molar refractivity (Wildman–Crippen MR) is 230 cm³/mol. The van der Waals surface area contributed by atoms with Crippen LogP contribution in [0.15, 0.2) is 72.8 Å². The van der Waals surface area contributed by atoms with Crippen LogP contribution in [0.2, 0.25) is 0 Å². The lowest BCUT2D eigenvalue weighted by atomic mass is 9.52. The first-order valence-electron chi connectivity index (χ1n) is 21.7. The van der Waals surface area contributed by atoms with E-state index < -0.39 is 0 Å². The van der Waals surface area contributed by atoms with Gasteiger partial charge in [-0.3, -0.25) is 0 Å². The molecule has 0 unspecified atom stereocenters. The lowest BCUT2D eigenvalue weighted by molar-refractivity contribution is -0.00419. The van der Waals surface area contributed by atoms with Gasteiger partial charge in [0.05, 0.1) is 0 Å². The third-order valence-electron chi connectivity index (χ3n) is 16.6. The number of hydrogen-bond donors (Lipinski definition) is 4. The zero-order valence-electron chi connectivity index (χ0n) is 35.5. The first-order chi connectivity index (χ1) is 26.5. The van der Waals surface area contributed by atoms with E-state index in [4.69, 9.17) is 0 Å². The van der Waals surface area contributed by atoms with E-state index in [1.165, 1.54) is 73.6 Å². The van der Waals surface area contributed by atoms with Crippen LogP contribution in [-0.4, -0.2) is 20.4 Å². The summed E-state index contributed by atoms with van der Waals surface area (Å²) in [5.74, 6) is 4.20. The van der Waals surface area contributed by atoms with E-state index in [-0.39, 0.29) is 21.7 Å². The highest BCUT2D eigenvalue weighted by Crippen LogP contribution is 2.59.